The second kappa shape index (κ2) is 5.55. The highest BCUT2D eigenvalue weighted by atomic mass is 35.5. The molecule has 0 aliphatic heterocycles. The number of anilines is 1. The summed E-state index contributed by atoms with van der Waals surface area (Å²) in [5, 5.41) is 1.83. The molecule has 2 nitrogen and oxygen atoms in total. The van der Waals surface area contributed by atoms with Gasteiger partial charge in [0.05, 0.1) is 15.9 Å². The number of hydrogen-bond acceptors (Lipinski definition) is 3. The number of thiophene rings is 1. The van der Waals surface area contributed by atoms with Crippen LogP contribution in [0.2, 0.25) is 5.02 Å². The zero-order chi connectivity index (χ0) is 13.1. The first kappa shape index (κ1) is 13.1. The van der Waals surface area contributed by atoms with Crippen LogP contribution in [0.4, 0.5) is 5.00 Å². The second-order valence-electron chi connectivity index (χ2n) is 4.13. The quantitative estimate of drug-likeness (QED) is 0.773. The number of nitrogens with zero attached hydrogens (tertiary/aromatic N) is 1. The predicted molar refractivity (Wildman–Crippen MR) is 78.0 cm³/mol. The Labute approximate surface area is 116 Å². The summed E-state index contributed by atoms with van der Waals surface area (Å²) >= 11 is 7.38. The lowest BCUT2D eigenvalue weighted by molar-refractivity contribution is 0.112. The summed E-state index contributed by atoms with van der Waals surface area (Å²) in [6.45, 7) is 2.13. The number of carbonyl (C=O) groups excluding carboxylic acids is 1. The minimum atomic E-state index is 0.236. The van der Waals surface area contributed by atoms with E-state index in [0.717, 1.165) is 21.2 Å². The van der Waals surface area contributed by atoms with Crippen LogP contribution in [-0.2, 0) is 0 Å². The SMILES string of the molecule is CC(c1ccc(Cl)cc1)N(C)c1ccc(C=O)s1. The highest BCUT2D eigenvalue weighted by Crippen LogP contribution is 2.31. The monoisotopic (exact) mass is 279 g/mol. The van der Waals surface area contributed by atoms with E-state index in [4.69, 9.17) is 11.6 Å². The molecule has 94 valence electrons. The molecule has 1 aromatic heterocycles. The number of halogens is 1. The van der Waals surface area contributed by atoms with Crippen molar-refractivity contribution in [3.8, 4) is 0 Å². The van der Waals surface area contributed by atoms with E-state index in [2.05, 4.69) is 11.8 Å². The van der Waals surface area contributed by atoms with Gasteiger partial charge in [0.2, 0.25) is 0 Å². The number of benzene rings is 1. The molecule has 4 heteroatoms. The normalized spacial score (nSPS) is 12.2. The van der Waals surface area contributed by atoms with Crippen molar-refractivity contribution in [3.05, 3.63) is 51.9 Å². The molecule has 0 saturated heterocycles. The maximum Gasteiger partial charge on any atom is 0.160 e. The van der Waals surface area contributed by atoms with Gasteiger partial charge in [-0.25, -0.2) is 0 Å². The Morgan fingerprint density at radius 3 is 2.44 bits per heavy atom. The van der Waals surface area contributed by atoms with Crippen LogP contribution < -0.4 is 4.90 Å². The van der Waals surface area contributed by atoms with E-state index in [0.29, 0.717) is 0 Å². The molecule has 0 amide bonds. The van der Waals surface area contributed by atoms with Crippen LogP contribution in [0.3, 0.4) is 0 Å². The molecule has 18 heavy (non-hydrogen) atoms. The Hall–Kier alpha value is -1.32. The van der Waals surface area contributed by atoms with Crippen molar-refractivity contribution in [1.82, 2.24) is 0 Å². The molecule has 2 aromatic rings. The van der Waals surface area contributed by atoms with Gasteiger partial charge in [-0.05, 0) is 36.8 Å². The van der Waals surface area contributed by atoms with Gasteiger partial charge in [0, 0.05) is 12.1 Å². The van der Waals surface area contributed by atoms with E-state index in [9.17, 15) is 4.79 Å². The van der Waals surface area contributed by atoms with Crippen LogP contribution in [0.15, 0.2) is 36.4 Å². The molecular weight excluding hydrogens is 266 g/mol. The molecule has 0 saturated carbocycles. The lowest BCUT2D eigenvalue weighted by Crippen LogP contribution is -2.20. The van der Waals surface area contributed by atoms with Crippen LogP contribution in [0.5, 0.6) is 0 Å². The largest absolute Gasteiger partial charge is 0.360 e. The van der Waals surface area contributed by atoms with Crippen LogP contribution in [0, 0.1) is 0 Å². The fourth-order valence-electron chi connectivity index (χ4n) is 1.75. The number of aldehydes is 1. The Balaban J connectivity index is 2.19. The average Bonchev–Trinajstić information content (AvgIpc) is 2.86. The van der Waals surface area contributed by atoms with Crippen LogP contribution in [0.1, 0.15) is 28.2 Å². The van der Waals surface area contributed by atoms with Gasteiger partial charge < -0.3 is 4.90 Å². The summed E-state index contributed by atoms with van der Waals surface area (Å²) < 4.78 is 0. The number of hydrogen-bond donors (Lipinski definition) is 0. The lowest BCUT2D eigenvalue weighted by Gasteiger charge is -2.25. The fourth-order valence-corrected chi connectivity index (χ4v) is 2.74. The van der Waals surface area contributed by atoms with E-state index < -0.39 is 0 Å². The molecule has 0 radical (unpaired) electrons. The second-order valence-corrected chi connectivity index (χ2v) is 5.66. The maximum atomic E-state index is 10.7. The van der Waals surface area contributed by atoms with Gasteiger partial charge >= 0.3 is 0 Å². The van der Waals surface area contributed by atoms with Gasteiger partial charge in [-0.15, -0.1) is 11.3 Å². The molecular formula is C14H14ClNOS. The van der Waals surface area contributed by atoms with Crippen molar-refractivity contribution in [1.29, 1.82) is 0 Å². The van der Waals surface area contributed by atoms with Crippen molar-refractivity contribution in [2.24, 2.45) is 0 Å². The molecule has 0 aliphatic carbocycles. The van der Waals surface area contributed by atoms with Crippen LogP contribution in [-0.4, -0.2) is 13.3 Å². The predicted octanol–water partition coefficient (Wildman–Crippen LogP) is 4.41. The summed E-state index contributed by atoms with van der Waals surface area (Å²) in [4.78, 5) is 13.6. The van der Waals surface area contributed by atoms with Gasteiger partial charge in [0.25, 0.3) is 0 Å². The first-order chi connectivity index (χ1) is 8.61. The minimum Gasteiger partial charge on any atom is -0.360 e. The van der Waals surface area contributed by atoms with E-state index in [1.54, 1.807) is 0 Å². The van der Waals surface area contributed by atoms with Crippen molar-refractivity contribution in [2.45, 2.75) is 13.0 Å². The van der Waals surface area contributed by atoms with Crippen molar-refractivity contribution < 1.29 is 4.79 Å². The summed E-state index contributed by atoms with van der Waals surface area (Å²) in [7, 11) is 2.03. The Morgan fingerprint density at radius 2 is 1.89 bits per heavy atom. The molecule has 1 unspecified atom stereocenters. The first-order valence-corrected chi connectivity index (χ1v) is 6.84. The number of rotatable bonds is 4. The van der Waals surface area contributed by atoms with Gasteiger partial charge in [0.1, 0.15) is 0 Å². The Kier molecular flexibility index (Phi) is 4.04. The lowest BCUT2D eigenvalue weighted by atomic mass is 10.1. The molecule has 0 aliphatic rings. The highest BCUT2D eigenvalue weighted by molar-refractivity contribution is 7.17. The summed E-state index contributed by atoms with van der Waals surface area (Å²) in [6, 6.07) is 11.9. The Morgan fingerprint density at radius 1 is 1.22 bits per heavy atom. The summed E-state index contributed by atoms with van der Waals surface area (Å²) in [5.41, 5.74) is 1.20. The van der Waals surface area contributed by atoms with Gasteiger partial charge in [-0.2, -0.15) is 0 Å². The van der Waals surface area contributed by atoms with Crippen molar-refractivity contribution in [3.63, 3.8) is 0 Å². The standard InChI is InChI=1S/C14H14ClNOS/c1-10(11-3-5-12(15)6-4-11)16(2)14-8-7-13(9-17)18-14/h3-10H,1-2H3. The molecule has 1 heterocycles. The minimum absolute atomic E-state index is 0.236. The zero-order valence-corrected chi connectivity index (χ0v) is 11.8. The first-order valence-electron chi connectivity index (χ1n) is 5.65. The molecule has 1 aromatic carbocycles. The Bertz CT molecular complexity index is 535. The zero-order valence-electron chi connectivity index (χ0n) is 10.3. The molecule has 1 atom stereocenters. The highest BCUT2D eigenvalue weighted by Gasteiger charge is 2.13. The van der Waals surface area contributed by atoms with E-state index >= 15 is 0 Å². The van der Waals surface area contributed by atoms with E-state index in [-0.39, 0.29) is 6.04 Å². The van der Waals surface area contributed by atoms with Gasteiger partial charge in [-0.1, -0.05) is 23.7 Å². The third-order valence-corrected chi connectivity index (χ3v) is 4.36. The van der Waals surface area contributed by atoms with Crippen LogP contribution >= 0.6 is 22.9 Å². The van der Waals surface area contributed by atoms with Crippen molar-refractivity contribution in [2.75, 3.05) is 11.9 Å². The maximum absolute atomic E-state index is 10.7. The average molecular weight is 280 g/mol. The third kappa shape index (κ3) is 2.74. The van der Waals surface area contributed by atoms with Gasteiger partial charge in [0.15, 0.2) is 6.29 Å². The number of carbonyl (C=O) groups is 1. The topological polar surface area (TPSA) is 20.3 Å². The summed E-state index contributed by atoms with van der Waals surface area (Å²) in [5.74, 6) is 0. The van der Waals surface area contributed by atoms with Gasteiger partial charge in [-0.3, -0.25) is 4.79 Å². The van der Waals surface area contributed by atoms with Crippen molar-refractivity contribution >= 4 is 34.2 Å². The molecule has 0 N–H and O–H groups in total. The molecule has 2 rings (SSSR count). The summed E-state index contributed by atoms with van der Waals surface area (Å²) in [6.07, 6.45) is 0.884. The molecule has 0 fully saturated rings. The van der Waals surface area contributed by atoms with E-state index in [1.807, 2.05) is 43.4 Å². The van der Waals surface area contributed by atoms with Crippen LogP contribution in [0.25, 0.3) is 0 Å². The third-order valence-electron chi connectivity index (χ3n) is 3.01. The molecule has 0 bridgehead atoms. The van der Waals surface area contributed by atoms with E-state index in [1.165, 1.54) is 16.9 Å². The smallest absolute Gasteiger partial charge is 0.160 e. The molecule has 0 spiro atoms. The fraction of sp³-hybridized carbons (Fsp3) is 0.214.